The first-order chi connectivity index (χ1) is 10.1. The zero-order valence-electron chi connectivity index (χ0n) is 14.9. The molecule has 2 heteroatoms. The summed E-state index contributed by atoms with van der Waals surface area (Å²) in [5.74, 6) is 2.65. The summed E-state index contributed by atoms with van der Waals surface area (Å²) in [5, 5.41) is 4.07. The van der Waals surface area contributed by atoms with Crippen molar-refractivity contribution in [3.8, 4) is 0 Å². The van der Waals surface area contributed by atoms with Gasteiger partial charge in [0.1, 0.15) is 0 Å². The van der Waals surface area contributed by atoms with Gasteiger partial charge in [-0.3, -0.25) is 0 Å². The van der Waals surface area contributed by atoms with Crippen LogP contribution in [0.15, 0.2) is 0 Å². The highest BCUT2D eigenvalue weighted by atomic mass is 15.1. The van der Waals surface area contributed by atoms with Gasteiger partial charge >= 0.3 is 0 Å². The average molecular weight is 295 g/mol. The summed E-state index contributed by atoms with van der Waals surface area (Å²) in [6.45, 7) is 13.5. The third kappa shape index (κ3) is 5.25. The molecule has 0 aromatic rings. The molecule has 21 heavy (non-hydrogen) atoms. The Bertz CT molecular complexity index is 281. The second-order valence-electron chi connectivity index (χ2n) is 8.07. The van der Waals surface area contributed by atoms with Crippen molar-refractivity contribution < 1.29 is 0 Å². The van der Waals surface area contributed by atoms with Crippen LogP contribution in [-0.2, 0) is 0 Å². The summed E-state index contributed by atoms with van der Waals surface area (Å²) in [6, 6.07) is 1.56. The van der Waals surface area contributed by atoms with Gasteiger partial charge in [0.15, 0.2) is 0 Å². The molecule has 1 aliphatic heterocycles. The zero-order chi connectivity index (χ0) is 15.2. The monoisotopic (exact) mass is 294 g/mol. The van der Waals surface area contributed by atoms with Crippen LogP contribution < -0.4 is 5.32 Å². The van der Waals surface area contributed by atoms with Crippen LogP contribution in [0.4, 0.5) is 0 Å². The lowest BCUT2D eigenvalue weighted by Crippen LogP contribution is -2.51. The van der Waals surface area contributed by atoms with Gasteiger partial charge in [-0.25, -0.2) is 0 Å². The van der Waals surface area contributed by atoms with Crippen molar-refractivity contribution in [1.82, 2.24) is 10.2 Å². The van der Waals surface area contributed by atoms with Gasteiger partial charge < -0.3 is 10.2 Å². The van der Waals surface area contributed by atoms with Gasteiger partial charge in [-0.05, 0) is 69.5 Å². The molecule has 0 aromatic carbocycles. The highest BCUT2D eigenvalue weighted by Gasteiger charge is 2.32. The number of hydrogen-bond donors (Lipinski definition) is 1. The summed E-state index contributed by atoms with van der Waals surface area (Å²) in [6.07, 6.45) is 9.70. The SMILES string of the molecule is CCCCN1CCC(NC2CC(C)CCC2C(C)C)CC1. The average Bonchev–Trinajstić information content (AvgIpc) is 2.46. The molecule has 1 heterocycles. The van der Waals surface area contributed by atoms with Crippen molar-refractivity contribution in [2.75, 3.05) is 19.6 Å². The summed E-state index contributed by atoms with van der Waals surface area (Å²) < 4.78 is 0. The smallest absolute Gasteiger partial charge is 0.0103 e. The maximum Gasteiger partial charge on any atom is 0.0103 e. The highest BCUT2D eigenvalue weighted by Crippen LogP contribution is 2.34. The molecule has 0 radical (unpaired) electrons. The zero-order valence-corrected chi connectivity index (χ0v) is 14.9. The highest BCUT2D eigenvalue weighted by molar-refractivity contribution is 4.89. The normalized spacial score (nSPS) is 32.7. The quantitative estimate of drug-likeness (QED) is 0.785. The van der Waals surface area contributed by atoms with Crippen LogP contribution in [0.5, 0.6) is 0 Å². The number of piperidine rings is 1. The fourth-order valence-corrected chi connectivity index (χ4v) is 4.40. The third-order valence-corrected chi connectivity index (χ3v) is 5.89. The van der Waals surface area contributed by atoms with Crippen LogP contribution >= 0.6 is 0 Å². The predicted molar refractivity (Wildman–Crippen MR) is 92.6 cm³/mol. The van der Waals surface area contributed by atoms with Crippen molar-refractivity contribution in [3.05, 3.63) is 0 Å². The lowest BCUT2D eigenvalue weighted by atomic mass is 9.73. The number of hydrogen-bond acceptors (Lipinski definition) is 2. The molecule has 2 aliphatic rings. The van der Waals surface area contributed by atoms with Crippen LogP contribution in [0.25, 0.3) is 0 Å². The van der Waals surface area contributed by atoms with Crippen LogP contribution in [0.1, 0.15) is 72.6 Å². The second kappa shape index (κ2) is 8.53. The topological polar surface area (TPSA) is 15.3 Å². The van der Waals surface area contributed by atoms with E-state index >= 15 is 0 Å². The van der Waals surface area contributed by atoms with Crippen LogP contribution in [0.3, 0.4) is 0 Å². The van der Waals surface area contributed by atoms with E-state index in [1.54, 1.807) is 0 Å². The Kier molecular flexibility index (Phi) is 7.01. The van der Waals surface area contributed by atoms with Gasteiger partial charge in [-0.15, -0.1) is 0 Å². The maximum absolute atomic E-state index is 4.07. The predicted octanol–water partition coefficient (Wildman–Crippen LogP) is 4.30. The minimum Gasteiger partial charge on any atom is -0.311 e. The Morgan fingerprint density at radius 2 is 1.81 bits per heavy atom. The molecule has 1 saturated heterocycles. The number of nitrogens with one attached hydrogen (secondary N) is 1. The molecule has 2 rings (SSSR count). The van der Waals surface area contributed by atoms with E-state index < -0.39 is 0 Å². The molecule has 124 valence electrons. The van der Waals surface area contributed by atoms with Gasteiger partial charge in [0, 0.05) is 12.1 Å². The molecule has 1 saturated carbocycles. The summed E-state index contributed by atoms with van der Waals surface area (Å²) in [5.41, 5.74) is 0. The van der Waals surface area contributed by atoms with Crippen LogP contribution in [0, 0.1) is 17.8 Å². The minimum absolute atomic E-state index is 0.777. The fraction of sp³-hybridized carbons (Fsp3) is 1.00. The molecule has 0 bridgehead atoms. The molecule has 1 N–H and O–H groups in total. The van der Waals surface area contributed by atoms with E-state index in [0.717, 1.165) is 29.8 Å². The van der Waals surface area contributed by atoms with E-state index in [9.17, 15) is 0 Å². The molecule has 0 spiro atoms. The Hall–Kier alpha value is -0.0800. The van der Waals surface area contributed by atoms with Gasteiger partial charge in [-0.2, -0.15) is 0 Å². The molecular formula is C19H38N2. The molecule has 3 unspecified atom stereocenters. The van der Waals surface area contributed by atoms with E-state index in [4.69, 9.17) is 0 Å². The molecular weight excluding hydrogens is 256 g/mol. The summed E-state index contributed by atoms with van der Waals surface area (Å²) in [7, 11) is 0. The summed E-state index contributed by atoms with van der Waals surface area (Å²) in [4.78, 5) is 2.67. The van der Waals surface area contributed by atoms with E-state index in [2.05, 4.69) is 37.9 Å². The molecule has 3 atom stereocenters. The maximum atomic E-state index is 4.07. The minimum atomic E-state index is 0.777. The molecule has 2 fully saturated rings. The number of likely N-dealkylation sites (tertiary alicyclic amines) is 1. The summed E-state index contributed by atoms with van der Waals surface area (Å²) >= 11 is 0. The molecule has 0 amide bonds. The van der Waals surface area contributed by atoms with Crippen molar-refractivity contribution in [1.29, 1.82) is 0 Å². The Labute approximate surface area is 133 Å². The first kappa shape index (κ1) is 17.3. The lowest BCUT2D eigenvalue weighted by Gasteiger charge is -2.42. The largest absolute Gasteiger partial charge is 0.311 e. The van der Waals surface area contributed by atoms with Crippen molar-refractivity contribution >= 4 is 0 Å². The number of rotatable bonds is 6. The molecule has 2 nitrogen and oxygen atoms in total. The molecule has 1 aliphatic carbocycles. The van der Waals surface area contributed by atoms with Gasteiger partial charge in [0.2, 0.25) is 0 Å². The fourth-order valence-electron chi connectivity index (χ4n) is 4.40. The van der Waals surface area contributed by atoms with Gasteiger partial charge in [0.25, 0.3) is 0 Å². The first-order valence-electron chi connectivity index (χ1n) is 9.58. The van der Waals surface area contributed by atoms with E-state index in [-0.39, 0.29) is 0 Å². The van der Waals surface area contributed by atoms with Crippen molar-refractivity contribution in [2.24, 2.45) is 17.8 Å². The van der Waals surface area contributed by atoms with Crippen molar-refractivity contribution in [3.63, 3.8) is 0 Å². The van der Waals surface area contributed by atoms with Gasteiger partial charge in [0.05, 0.1) is 0 Å². The van der Waals surface area contributed by atoms with E-state index in [1.165, 1.54) is 64.6 Å². The standard InChI is InChI=1S/C19H38N2/c1-5-6-11-21-12-9-17(10-13-21)20-19-14-16(4)7-8-18(19)15(2)3/h15-20H,5-14H2,1-4H3. The van der Waals surface area contributed by atoms with Gasteiger partial charge in [-0.1, -0.05) is 40.5 Å². The number of nitrogens with zero attached hydrogens (tertiary/aromatic N) is 1. The van der Waals surface area contributed by atoms with E-state index in [1.807, 2.05) is 0 Å². The van der Waals surface area contributed by atoms with Crippen LogP contribution in [0.2, 0.25) is 0 Å². The second-order valence-corrected chi connectivity index (χ2v) is 8.07. The Balaban J connectivity index is 1.78. The lowest BCUT2D eigenvalue weighted by molar-refractivity contribution is 0.131. The van der Waals surface area contributed by atoms with Crippen LogP contribution in [-0.4, -0.2) is 36.6 Å². The number of unbranched alkanes of at least 4 members (excludes halogenated alkanes) is 1. The van der Waals surface area contributed by atoms with Crippen molar-refractivity contribution in [2.45, 2.75) is 84.7 Å². The Morgan fingerprint density at radius 1 is 1.10 bits per heavy atom. The third-order valence-electron chi connectivity index (χ3n) is 5.89. The first-order valence-corrected chi connectivity index (χ1v) is 9.58. The van der Waals surface area contributed by atoms with E-state index in [0.29, 0.717) is 0 Å². The Morgan fingerprint density at radius 3 is 2.43 bits per heavy atom. The molecule has 0 aromatic heterocycles.